The molecule has 7 heteroatoms. The average Bonchev–Trinajstić information content (AvgIpc) is 2.83. The van der Waals surface area contributed by atoms with Crippen LogP contribution in [0.15, 0.2) is 12.1 Å². The van der Waals surface area contributed by atoms with Gasteiger partial charge in [0.05, 0.1) is 17.3 Å². The zero-order valence-corrected chi connectivity index (χ0v) is 11.6. The van der Waals surface area contributed by atoms with Crippen LogP contribution in [0, 0.1) is 17.6 Å². The highest BCUT2D eigenvalue weighted by Gasteiger charge is 2.22. The van der Waals surface area contributed by atoms with Crippen LogP contribution in [0.2, 0.25) is 0 Å². The number of rotatable bonds is 4. The fourth-order valence-corrected chi connectivity index (χ4v) is 2.26. The van der Waals surface area contributed by atoms with Gasteiger partial charge in [0.15, 0.2) is 5.82 Å². The number of halogens is 2. The third-order valence-corrected chi connectivity index (χ3v) is 3.32. The summed E-state index contributed by atoms with van der Waals surface area (Å²) in [5, 5.41) is 11.4. The zero-order valence-electron chi connectivity index (χ0n) is 11.6. The second kappa shape index (κ2) is 5.52. The molecule has 20 heavy (non-hydrogen) atoms. The number of nitrogens with two attached hydrogens (primary N) is 1. The quantitative estimate of drug-likeness (QED) is 0.875. The Hall–Kier alpha value is -2.05. The second-order valence-corrected chi connectivity index (χ2v) is 5.02. The van der Waals surface area contributed by atoms with Crippen molar-refractivity contribution in [3.05, 3.63) is 23.8 Å². The maximum absolute atomic E-state index is 13.9. The number of tetrazole rings is 1. The highest BCUT2D eigenvalue weighted by molar-refractivity contribution is 5.62. The molecule has 1 aromatic heterocycles. The normalized spacial score (nSPS) is 12.9. The van der Waals surface area contributed by atoms with E-state index in [0.29, 0.717) is 0 Å². The highest BCUT2D eigenvalue weighted by atomic mass is 19.1. The van der Waals surface area contributed by atoms with Gasteiger partial charge in [-0.05, 0) is 28.8 Å². The lowest BCUT2D eigenvalue weighted by atomic mass is 10.0. The Labute approximate surface area is 115 Å². The lowest BCUT2D eigenvalue weighted by Crippen LogP contribution is -2.17. The smallest absolute Gasteiger partial charge is 0.185 e. The van der Waals surface area contributed by atoms with E-state index >= 15 is 0 Å². The Morgan fingerprint density at radius 3 is 2.55 bits per heavy atom. The van der Waals surface area contributed by atoms with E-state index in [0.717, 1.165) is 12.5 Å². The van der Waals surface area contributed by atoms with Crippen molar-refractivity contribution in [1.29, 1.82) is 0 Å². The summed E-state index contributed by atoms with van der Waals surface area (Å²) < 4.78 is 28.7. The van der Waals surface area contributed by atoms with Crippen LogP contribution in [0.1, 0.15) is 33.2 Å². The molecule has 0 aliphatic rings. The number of hydrogen-bond acceptors (Lipinski definition) is 4. The van der Waals surface area contributed by atoms with Crippen LogP contribution in [0.5, 0.6) is 0 Å². The topological polar surface area (TPSA) is 69.6 Å². The van der Waals surface area contributed by atoms with Gasteiger partial charge in [-0.25, -0.2) is 13.5 Å². The number of aromatic nitrogens is 4. The van der Waals surface area contributed by atoms with Gasteiger partial charge >= 0.3 is 0 Å². The maximum Gasteiger partial charge on any atom is 0.185 e. The van der Waals surface area contributed by atoms with Crippen LogP contribution in [-0.2, 0) is 0 Å². The molecule has 0 aliphatic heterocycles. The Kier molecular flexibility index (Phi) is 3.96. The molecule has 0 aliphatic carbocycles. The van der Waals surface area contributed by atoms with Gasteiger partial charge in [-0.1, -0.05) is 20.8 Å². The van der Waals surface area contributed by atoms with Crippen LogP contribution in [0.4, 0.5) is 14.5 Å². The van der Waals surface area contributed by atoms with E-state index in [-0.39, 0.29) is 29.0 Å². The number of nitrogen functional groups attached to an aromatic ring is 1. The van der Waals surface area contributed by atoms with Gasteiger partial charge < -0.3 is 5.73 Å². The lowest BCUT2D eigenvalue weighted by Gasteiger charge is -2.20. The SMILES string of the molecule is CCC(C(C)C)n1nnnc1-c1cc(N)c(F)cc1F. The molecule has 2 rings (SSSR count). The van der Waals surface area contributed by atoms with Crippen molar-refractivity contribution in [3.8, 4) is 11.4 Å². The van der Waals surface area contributed by atoms with Crippen molar-refractivity contribution in [1.82, 2.24) is 20.2 Å². The fraction of sp³-hybridized carbons (Fsp3) is 0.462. The third-order valence-electron chi connectivity index (χ3n) is 3.32. The molecule has 108 valence electrons. The molecule has 1 unspecified atom stereocenters. The zero-order chi connectivity index (χ0) is 14.9. The molecule has 2 N–H and O–H groups in total. The van der Waals surface area contributed by atoms with Crippen molar-refractivity contribution >= 4 is 5.69 Å². The first-order chi connectivity index (χ1) is 9.45. The highest BCUT2D eigenvalue weighted by Crippen LogP contribution is 2.29. The lowest BCUT2D eigenvalue weighted by molar-refractivity contribution is 0.333. The molecule has 5 nitrogen and oxygen atoms in total. The summed E-state index contributed by atoms with van der Waals surface area (Å²) in [6.07, 6.45) is 0.800. The first-order valence-corrected chi connectivity index (χ1v) is 6.48. The van der Waals surface area contributed by atoms with Crippen LogP contribution >= 0.6 is 0 Å². The largest absolute Gasteiger partial charge is 0.396 e. The molecular formula is C13H17F2N5. The summed E-state index contributed by atoms with van der Waals surface area (Å²) in [4.78, 5) is 0. The van der Waals surface area contributed by atoms with Crippen LogP contribution < -0.4 is 5.73 Å². The summed E-state index contributed by atoms with van der Waals surface area (Å²) in [5.41, 5.74) is 5.47. The van der Waals surface area contributed by atoms with Gasteiger partial charge in [0.2, 0.25) is 0 Å². The molecule has 0 saturated heterocycles. The van der Waals surface area contributed by atoms with E-state index < -0.39 is 11.6 Å². The Morgan fingerprint density at radius 2 is 1.95 bits per heavy atom. The van der Waals surface area contributed by atoms with Crippen LogP contribution in [0.3, 0.4) is 0 Å². The molecule has 0 spiro atoms. The van der Waals surface area contributed by atoms with Crippen LogP contribution in [-0.4, -0.2) is 20.2 Å². The maximum atomic E-state index is 13.9. The minimum absolute atomic E-state index is 0.0330. The van der Waals surface area contributed by atoms with Gasteiger partial charge in [-0.15, -0.1) is 5.10 Å². The summed E-state index contributed by atoms with van der Waals surface area (Å²) in [7, 11) is 0. The molecule has 1 atom stereocenters. The molecule has 1 aromatic carbocycles. The monoisotopic (exact) mass is 281 g/mol. The molecule has 2 aromatic rings. The van der Waals surface area contributed by atoms with Gasteiger partial charge in [0, 0.05) is 6.07 Å². The van der Waals surface area contributed by atoms with Crippen molar-refractivity contribution in [3.63, 3.8) is 0 Å². The van der Waals surface area contributed by atoms with E-state index in [1.807, 2.05) is 20.8 Å². The van der Waals surface area contributed by atoms with Crippen molar-refractivity contribution in [2.24, 2.45) is 5.92 Å². The van der Waals surface area contributed by atoms with Gasteiger partial charge in [-0.3, -0.25) is 0 Å². The summed E-state index contributed by atoms with van der Waals surface area (Å²) in [6.45, 7) is 6.08. The molecule has 0 radical (unpaired) electrons. The van der Waals surface area contributed by atoms with Crippen molar-refractivity contribution in [2.45, 2.75) is 33.2 Å². The van der Waals surface area contributed by atoms with E-state index in [4.69, 9.17) is 5.73 Å². The van der Waals surface area contributed by atoms with Crippen molar-refractivity contribution < 1.29 is 8.78 Å². The summed E-state index contributed by atoms with van der Waals surface area (Å²) >= 11 is 0. The number of benzene rings is 1. The fourth-order valence-electron chi connectivity index (χ4n) is 2.26. The number of anilines is 1. The molecule has 1 heterocycles. The minimum atomic E-state index is -0.791. The standard InChI is InChI=1S/C13H17F2N5/c1-4-12(7(2)3)20-13(17-18-19-20)8-5-11(16)10(15)6-9(8)14/h5-7,12H,4,16H2,1-3H3. The molecule has 0 bridgehead atoms. The first-order valence-electron chi connectivity index (χ1n) is 6.48. The first kappa shape index (κ1) is 14.4. The summed E-state index contributed by atoms with van der Waals surface area (Å²) in [5.74, 6) is -0.981. The predicted molar refractivity (Wildman–Crippen MR) is 71.7 cm³/mol. The third kappa shape index (κ3) is 2.48. The number of nitrogens with zero attached hydrogens (tertiary/aromatic N) is 4. The Morgan fingerprint density at radius 1 is 1.25 bits per heavy atom. The molecule has 0 saturated carbocycles. The van der Waals surface area contributed by atoms with Gasteiger partial charge in [0.1, 0.15) is 11.6 Å². The average molecular weight is 281 g/mol. The number of hydrogen-bond donors (Lipinski definition) is 1. The minimum Gasteiger partial charge on any atom is -0.396 e. The van der Waals surface area contributed by atoms with E-state index in [1.165, 1.54) is 6.07 Å². The molecule has 0 fully saturated rings. The van der Waals surface area contributed by atoms with Crippen molar-refractivity contribution in [2.75, 3.05) is 5.73 Å². The predicted octanol–water partition coefficient (Wildman–Crippen LogP) is 2.81. The van der Waals surface area contributed by atoms with E-state index in [1.54, 1.807) is 4.68 Å². The Bertz CT molecular complexity index is 609. The van der Waals surface area contributed by atoms with Gasteiger partial charge in [-0.2, -0.15) is 0 Å². The second-order valence-electron chi connectivity index (χ2n) is 5.02. The van der Waals surface area contributed by atoms with Gasteiger partial charge in [0.25, 0.3) is 0 Å². The van der Waals surface area contributed by atoms with E-state index in [2.05, 4.69) is 15.5 Å². The molecular weight excluding hydrogens is 264 g/mol. The van der Waals surface area contributed by atoms with E-state index in [9.17, 15) is 8.78 Å². The molecule has 0 amide bonds. The summed E-state index contributed by atoms with van der Waals surface area (Å²) in [6, 6.07) is 2.01. The Balaban J connectivity index is 2.55. The van der Waals surface area contributed by atoms with Crippen LogP contribution in [0.25, 0.3) is 11.4 Å².